The van der Waals surface area contributed by atoms with Crippen LogP contribution >= 0.6 is 0 Å². The van der Waals surface area contributed by atoms with Gasteiger partial charge in [-0.1, -0.05) is 34.6 Å². The molecule has 0 amide bonds. The molecular formula is C18H33N3. The average molecular weight is 291 g/mol. The minimum Gasteiger partial charge on any atom is -0.313 e. The zero-order chi connectivity index (χ0) is 15.8. The summed E-state index contributed by atoms with van der Waals surface area (Å²) >= 11 is 0. The van der Waals surface area contributed by atoms with Crippen LogP contribution < -0.4 is 5.32 Å². The van der Waals surface area contributed by atoms with Gasteiger partial charge in [-0.25, -0.2) is 0 Å². The highest BCUT2D eigenvalue weighted by Crippen LogP contribution is 2.69. The zero-order valence-corrected chi connectivity index (χ0v) is 15.0. The van der Waals surface area contributed by atoms with E-state index in [9.17, 15) is 0 Å². The molecule has 0 saturated heterocycles. The maximum atomic E-state index is 4.60. The summed E-state index contributed by atoms with van der Waals surface area (Å²) in [4.78, 5) is 0. The summed E-state index contributed by atoms with van der Waals surface area (Å²) in [5, 5.41) is 8.41. The summed E-state index contributed by atoms with van der Waals surface area (Å²) in [5.74, 6) is 0.733. The van der Waals surface area contributed by atoms with Crippen molar-refractivity contribution in [1.82, 2.24) is 15.1 Å². The van der Waals surface area contributed by atoms with E-state index in [1.165, 1.54) is 12.1 Å². The molecule has 3 nitrogen and oxygen atoms in total. The first-order chi connectivity index (χ1) is 9.75. The molecule has 1 aliphatic carbocycles. The van der Waals surface area contributed by atoms with Crippen molar-refractivity contribution in [1.29, 1.82) is 0 Å². The van der Waals surface area contributed by atoms with Crippen molar-refractivity contribution < 1.29 is 0 Å². The van der Waals surface area contributed by atoms with Crippen molar-refractivity contribution in [2.45, 2.75) is 73.9 Å². The highest BCUT2D eigenvalue weighted by atomic mass is 15.3. The van der Waals surface area contributed by atoms with E-state index >= 15 is 0 Å². The summed E-state index contributed by atoms with van der Waals surface area (Å²) < 4.78 is 2.17. The SMILES string of the molecule is CCCNC(Cc1cc(C)nn1CC)C1C(C)(C)C1(C)C. The molecule has 1 heterocycles. The maximum absolute atomic E-state index is 4.60. The Bertz CT molecular complexity index is 471. The van der Waals surface area contributed by atoms with Crippen LogP contribution in [-0.2, 0) is 13.0 Å². The average Bonchev–Trinajstić information content (AvgIpc) is 2.69. The first-order valence-electron chi connectivity index (χ1n) is 8.52. The third kappa shape index (κ3) is 2.90. The standard InChI is InChI=1S/C18H33N3/c1-8-10-19-15(16-17(4,5)18(16,6)7)12-14-11-13(3)20-21(14)9-2/h11,15-16,19H,8-10,12H2,1-7H3. The van der Waals surface area contributed by atoms with Crippen LogP contribution in [0.25, 0.3) is 0 Å². The maximum Gasteiger partial charge on any atom is 0.0596 e. The van der Waals surface area contributed by atoms with Crippen molar-refractivity contribution in [3.05, 3.63) is 17.5 Å². The summed E-state index contributed by atoms with van der Waals surface area (Å²) in [7, 11) is 0. The molecule has 1 aromatic heterocycles. The Balaban J connectivity index is 2.18. The van der Waals surface area contributed by atoms with Crippen LogP contribution in [-0.4, -0.2) is 22.4 Å². The van der Waals surface area contributed by atoms with Gasteiger partial charge in [-0.05, 0) is 49.6 Å². The number of hydrogen-bond donors (Lipinski definition) is 1. The predicted molar refractivity (Wildman–Crippen MR) is 89.5 cm³/mol. The smallest absolute Gasteiger partial charge is 0.0596 e. The number of rotatable bonds is 7. The van der Waals surface area contributed by atoms with E-state index in [4.69, 9.17) is 0 Å². The van der Waals surface area contributed by atoms with E-state index in [2.05, 4.69) is 69.6 Å². The molecule has 21 heavy (non-hydrogen) atoms. The van der Waals surface area contributed by atoms with E-state index in [0.29, 0.717) is 16.9 Å². The van der Waals surface area contributed by atoms with Gasteiger partial charge in [0.05, 0.1) is 5.69 Å². The van der Waals surface area contributed by atoms with Crippen LogP contribution in [0.5, 0.6) is 0 Å². The number of nitrogens with zero attached hydrogens (tertiary/aromatic N) is 2. The van der Waals surface area contributed by atoms with Crippen molar-refractivity contribution in [2.24, 2.45) is 16.7 Å². The van der Waals surface area contributed by atoms with Crippen LogP contribution in [0, 0.1) is 23.7 Å². The van der Waals surface area contributed by atoms with Crippen molar-refractivity contribution in [2.75, 3.05) is 6.54 Å². The second-order valence-electron chi connectivity index (χ2n) is 7.78. The number of aryl methyl sites for hydroxylation is 2. The minimum atomic E-state index is 0.421. The molecule has 120 valence electrons. The van der Waals surface area contributed by atoms with Gasteiger partial charge < -0.3 is 5.32 Å². The molecular weight excluding hydrogens is 258 g/mol. The molecule has 0 aromatic carbocycles. The molecule has 2 rings (SSSR count). The van der Waals surface area contributed by atoms with Crippen LogP contribution in [0.15, 0.2) is 6.07 Å². The van der Waals surface area contributed by atoms with Gasteiger partial charge in [0.15, 0.2) is 0 Å². The number of hydrogen-bond acceptors (Lipinski definition) is 2. The second kappa shape index (κ2) is 5.75. The fourth-order valence-corrected chi connectivity index (χ4v) is 4.15. The molecule has 1 saturated carbocycles. The lowest BCUT2D eigenvalue weighted by atomic mass is 9.99. The second-order valence-corrected chi connectivity index (χ2v) is 7.78. The Morgan fingerprint density at radius 2 is 1.86 bits per heavy atom. The van der Waals surface area contributed by atoms with Gasteiger partial charge in [-0.3, -0.25) is 4.68 Å². The quantitative estimate of drug-likeness (QED) is 0.828. The lowest BCUT2D eigenvalue weighted by Crippen LogP contribution is -2.36. The van der Waals surface area contributed by atoms with Crippen LogP contribution in [0.1, 0.15) is 59.4 Å². The van der Waals surface area contributed by atoms with Gasteiger partial charge in [0, 0.05) is 24.7 Å². The summed E-state index contributed by atoms with van der Waals surface area (Å²) in [6.45, 7) is 18.2. The molecule has 0 radical (unpaired) electrons. The Hall–Kier alpha value is -0.830. The fraction of sp³-hybridized carbons (Fsp3) is 0.833. The van der Waals surface area contributed by atoms with Crippen LogP contribution in [0.4, 0.5) is 0 Å². The Morgan fingerprint density at radius 3 is 2.33 bits per heavy atom. The first-order valence-corrected chi connectivity index (χ1v) is 8.52. The van der Waals surface area contributed by atoms with E-state index in [1.54, 1.807) is 0 Å². The highest BCUT2D eigenvalue weighted by molar-refractivity contribution is 5.19. The third-order valence-corrected chi connectivity index (χ3v) is 5.91. The minimum absolute atomic E-state index is 0.421. The molecule has 1 atom stereocenters. The first kappa shape index (κ1) is 16.5. The summed E-state index contributed by atoms with van der Waals surface area (Å²) in [6.07, 6.45) is 2.28. The van der Waals surface area contributed by atoms with Gasteiger partial charge in [0.25, 0.3) is 0 Å². The highest BCUT2D eigenvalue weighted by Gasteiger charge is 2.66. The van der Waals surface area contributed by atoms with Gasteiger partial charge in [-0.15, -0.1) is 0 Å². The van der Waals surface area contributed by atoms with E-state index in [1.807, 2.05) is 0 Å². The van der Waals surface area contributed by atoms with E-state index in [-0.39, 0.29) is 0 Å². The molecule has 1 unspecified atom stereocenters. The van der Waals surface area contributed by atoms with E-state index in [0.717, 1.165) is 31.1 Å². The fourth-order valence-electron chi connectivity index (χ4n) is 4.15. The molecule has 1 fully saturated rings. The molecule has 0 aliphatic heterocycles. The lowest BCUT2D eigenvalue weighted by Gasteiger charge is -2.21. The number of nitrogens with one attached hydrogen (secondary N) is 1. The van der Waals surface area contributed by atoms with Crippen LogP contribution in [0.2, 0.25) is 0 Å². The van der Waals surface area contributed by atoms with Crippen molar-refractivity contribution in [3.8, 4) is 0 Å². The molecule has 0 spiro atoms. The van der Waals surface area contributed by atoms with Gasteiger partial charge in [-0.2, -0.15) is 5.10 Å². The van der Waals surface area contributed by atoms with Crippen LogP contribution in [0.3, 0.4) is 0 Å². The predicted octanol–water partition coefficient (Wildman–Crippen LogP) is 3.80. The Kier molecular flexibility index (Phi) is 4.53. The molecule has 1 N–H and O–H groups in total. The summed E-state index contributed by atoms with van der Waals surface area (Å²) in [6, 6.07) is 2.81. The monoisotopic (exact) mass is 291 g/mol. The van der Waals surface area contributed by atoms with Crippen molar-refractivity contribution in [3.63, 3.8) is 0 Å². The molecule has 1 aromatic rings. The zero-order valence-electron chi connectivity index (χ0n) is 15.0. The topological polar surface area (TPSA) is 29.9 Å². The summed E-state index contributed by atoms with van der Waals surface area (Å²) in [5.41, 5.74) is 3.35. The third-order valence-electron chi connectivity index (χ3n) is 5.91. The largest absolute Gasteiger partial charge is 0.313 e. The normalized spacial score (nSPS) is 21.5. The molecule has 1 aliphatic rings. The number of aromatic nitrogens is 2. The van der Waals surface area contributed by atoms with Crippen molar-refractivity contribution >= 4 is 0 Å². The molecule has 0 bridgehead atoms. The van der Waals surface area contributed by atoms with Gasteiger partial charge in [0.1, 0.15) is 0 Å². The van der Waals surface area contributed by atoms with Gasteiger partial charge >= 0.3 is 0 Å². The molecule has 3 heteroatoms. The van der Waals surface area contributed by atoms with E-state index < -0.39 is 0 Å². The Morgan fingerprint density at radius 1 is 1.24 bits per heavy atom. The van der Waals surface area contributed by atoms with Gasteiger partial charge in [0.2, 0.25) is 0 Å². The Labute approximate surface area is 130 Å². The lowest BCUT2D eigenvalue weighted by molar-refractivity contribution is 0.386.